The van der Waals surface area contributed by atoms with Gasteiger partial charge in [-0.15, -0.1) is 0 Å². The van der Waals surface area contributed by atoms with Gasteiger partial charge in [0.05, 0.1) is 0 Å². The van der Waals surface area contributed by atoms with Crippen molar-refractivity contribution in [1.82, 2.24) is 4.90 Å². The number of carbonyl (C=O) groups is 1. The first-order chi connectivity index (χ1) is 7.25. The predicted octanol–water partition coefficient (Wildman–Crippen LogP) is 3.34. The maximum absolute atomic E-state index is 11.9. The van der Waals surface area contributed by atoms with Gasteiger partial charge in [-0.3, -0.25) is 4.79 Å². The first kappa shape index (κ1) is 13.0. The number of amides is 1. The largest absolute Gasteiger partial charge is 0.340 e. The summed E-state index contributed by atoms with van der Waals surface area (Å²) in [6.45, 7) is 3.17. The lowest BCUT2D eigenvalue weighted by Gasteiger charge is -2.27. The van der Waals surface area contributed by atoms with Gasteiger partial charge >= 0.3 is 0 Å². The van der Waals surface area contributed by atoms with Gasteiger partial charge in [-0.2, -0.15) is 0 Å². The molecule has 88 valence electrons. The lowest BCUT2D eigenvalue weighted by Crippen LogP contribution is -2.38. The van der Waals surface area contributed by atoms with Crippen LogP contribution in [-0.4, -0.2) is 28.7 Å². The maximum atomic E-state index is 11.9. The van der Waals surface area contributed by atoms with Gasteiger partial charge in [-0.1, -0.05) is 28.8 Å². The highest BCUT2D eigenvalue weighted by Crippen LogP contribution is 2.17. The van der Waals surface area contributed by atoms with E-state index in [2.05, 4.69) is 27.8 Å². The molecule has 1 heterocycles. The normalized spacial score (nSPS) is 22.5. The summed E-state index contributed by atoms with van der Waals surface area (Å²) in [5.41, 5.74) is 0. The summed E-state index contributed by atoms with van der Waals surface area (Å²) < 4.78 is 0. The minimum atomic E-state index is 0.366. The summed E-state index contributed by atoms with van der Waals surface area (Å²) >= 11 is 3.39. The Balaban J connectivity index is 2.34. The maximum Gasteiger partial charge on any atom is 0.222 e. The van der Waals surface area contributed by atoms with E-state index in [-0.39, 0.29) is 0 Å². The Hall–Kier alpha value is -0.0500. The van der Waals surface area contributed by atoms with E-state index in [0.29, 0.717) is 11.9 Å². The highest BCUT2D eigenvalue weighted by atomic mass is 79.9. The summed E-state index contributed by atoms with van der Waals surface area (Å²) in [4.78, 5) is 14.0. The zero-order valence-corrected chi connectivity index (χ0v) is 11.3. The van der Waals surface area contributed by atoms with Crippen molar-refractivity contribution in [3.05, 3.63) is 0 Å². The zero-order chi connectivity index (χ0) is 11.1. The van der Waals surface area contributed by atoms with Gasteiger partial charge in [0, 0.05) is 24.3 Å². The molecule has 0 radical (unpaired) electrons. The van der Waals surface area contributed by atoms with Crippen LogP contribution >= 0.6 is 15.9 Å². The Kier molecular flexibility index (Phi) is 6.30. The number of likely N-dealkylation sites (tertiary alicyclic amines) is 1. The molecule has 2 nitrogen and oxygen atoms in total. The number of alkyl halides is 1. The molecule has 0 aromatic heterocycles. The summed E-state index contributed by atoms with van der Waals surface area (Å²) in [5.74, 6) is 0.366. The van der Waals surface area contributed by atoms with Crippen LogP contribution in [0.25, 0.3) is 0 Å². The highest BCUT2D eigenvalue weighted by Gasteiger charge is 2.20. The summed E-state index contributed by atoms with van der Waals surface area (Å²) in [7, 11) is 0. The quantitative estimate of drug-likeness (QED) is 0.569. The Morgan fingerprint density at radius 3 is 2.87 bits per heavy atom. The van der Waals surface area contributed by atoms with Gasteiger partial charge in [0.25, 0.3) is 0 Å². The molecule has 1 aliphatic rings. The lowest BCUT2D eigenvalue weighted by molar-refractivity contribution is -0.133. The van der Waals surface area contributed by atoms with Crippen LogP contribution in [0.3, 0.4) is 0 Å². The summed E-state index contributed by atoms with van der Waals surface area (Å²) in [6, 6.07) is 0.462. The van der Waals surface area contributed by atoms with E-state index in [9.17, 15) is 4.79 Å². The molecule has 1 rings (SSSR count). The third kappa shape index (κ3) is 4.54. The smallest absolute Gasteiger partial charge is 0.222 e. The lowest BCUT2D eigenvalue weighted by atomic mass is 10.1. The van der Waals surface area contributed by atoms with Crippen molar-refractivity contribution < 1.29 is 4.79 Å². The first-order valence-electron chi connectivity index (χ1n) is 6.11. The van der Waals surface area contributed by atoms with Gasteiger partial charge < -0.3 is 4.90 Å². The Labute approximate surface area is 102 Å². The second-order valence-electron chi connectivity index (χ2n) is 4.43. The van der Waals surface area contributed by atoms with Gasteiger partial charge in [-0.25, -0.2) is 0 Å². The Bertz CT molecular complexity index is 196. The molecule has 15 heavy (non-hydrogen) atoms. The second-order valence-corrected chi connectivity index (χ2v) is 5.22. The average molecular weight is 276 g/mol. The molecule has 1 saturated heterocycles. The standard InChI is InChI=1S/C12H22BrNO/c1-11-7-3-2-6-10-14(11)12(15)8-4-5-9-13/h11H,2-10H2,1H3. The monoisotopic (exact) mass is 275 g/mol. The summed E-state index contributed by atoms with van der Waals surface area (Å²) in [5, 5.41) is 1.01. The Morgan fingerprint density at radius 2 is 2.13 bits per heavy atom. The first-order valence-corrected chi connectivity index (χ1v) is 7.23. The SMILES string of the molecule is CC1CCCCCN1C(=O)CCCCBr. The Morgan fingerprint density at radius 1 is 1.33 bits per heavy atom. The van der Waals surface area contributed by atoms with Crippen LogP contribution in [0.2, 0.25) is 0 Å². The number of hydrogen-bond acceptors (Lipinski definition) is 1. The van der Waals surface area contributed by atoms with Gasteiger partial charge in [0.15, 0.2) is 0 Å². The van der Waals surface area contributed by atoms with Crippen LogP contribution in [-0.2, 0) is 4.79 Å². The molecule has 0 spiro atoms. The molecule has 3 heteroatoms. The van der Waals surface area contributed by atoms with Crippen LogP contribution in [0.4, 0.5) is 0 Å². The van der Waals surface area contributed by atoms with Gasteiger partial charge in [0.1, 0.15) is 0 Å². The van der Waals surface area contributed by atoms with Crippen LogP contribution in [0, 0.1) is 0 Å². The number of carbonyl (C=O) groups excluding carboxylic acids is 1. The van der Waals surface area contributed by atoms with E-state index >= 15 is 0 Å². The van der Waals surface area contributed by atoms with E-state index in [1.54, 1.807) is 0 Å². The van der Waals surface area contributed by atoms with Crippen LogP contribution in [0.15, 0.2) is 0 Å². The van der Waals surface area contributed by atoms with Crippen molar-refractivity contribution in [1.29, 1.82) is 0 Å². The fraction of sp³-hybridized carbons (Fsp3) is 0.917. The van der Waals surface area contributed by atoms with Gasteiger partial charge in [-0.05, 0) is 32.6 Å². The van der Waals surface area contributed by atoms with Crippen molar-refractivity contribution in [3.8, 4) is 0 Å². The third-order valence-corrected chi connectivity index (χ3v) is 3.71. The molecule has 0 aromatic rings. The van der Waals surface area contributed by atoms with Crippen molar-refractivity contribution in [3.63, 3.8) is 0 Å². The molecule has 0 bridgehead atoms. The number of halogens is 1. The molecule has 0 N–H and O–H groups in total. The molecule has 0 aliphatic carbocycles. The van der Waals surface area contributed by atoms with Crippen LogP contribution in [0.5, 0.6) is 0 Å². The molecule has 1 fully saturated rings. The second kappa shape index (κ2) is 7.26. The fourth-order valence-corrected chi connectivity index (χ4v) is 2.56. The molecule has 1 amide bonds. The molecule has 0 saturated carbocycles. The minimum Gasteiger partial charge on any atom is -0.340 e. The van der Waals surface area contributed by atoms with Crippen LogP contribution < -0.4 is 0 Å². The third-order valence-electron chi connectivity index (χ3n) is 3.15. The van der Waals surface area contributed by atoms with Crippen LogP contribution in [0.1, 0.15) is 51.9 Å². The molecular weight excluding hydrogens is 254 g/mol. The molecule has 0 aromatic carbocycles. The van der Waals surface area contributed by atoms with E-state index in [4.69, 9.17) is 0 Å². The van der Waals surface area contributed by atoms with E-state index < -0.39 is 0 Å². The topological polar surface area (TPSA) is 20.3 Å². The number of hydrogen-bond donors (Lipinski definition) is 0. The number of unbranched alkanes of at least 4 members (excludes halogenated alkanes) is 1. The molecule has 1 unspecified atom stereocenters. The molecular formula is C12H22BrNO. The predicted molar refractivity (Wildman–Crippen MR) is 67.3 cm³/mol. The van der Waals surface area contributed by atoms with Crippen molar-refractivity contribution in [2.24, 2.45) is 0 Å². The van der Waals surface area contributed by atoms with E-state index in [1.165, 1.54) is 25.7 Å². The zero-order valence-electron chi connectivity index (χ0n) is 9.67. The molecule has 1 aliphatic heterocycles. The van der Waals surface area contributed by atoms with E-state index in [0.717, 1.165) is 31.1 Å². The number of nitrogens with zero attached hydrogens (tertiary/aromatic N) is 1. The van der Waals surface area contributed by atoms with Gasteiger partial charge in [0.2, 0.25) is 5.91 Å². The minimum absolute atomic E-state index is 0.366. The van der Waals surface area contributed by atoms with Crippen molar-refractivity contribution in [2.75, 3.05) is 11.9 Å². The highest BCUT2D eigenvalue weighted by molar-refractivity contribution is 9.09. The number of rotatable bonds is 4. The van der Waals surface area contributed by atoms with Crippen molar-refractivity contribution >= 4 is 21.8 Å². The van der Waals surface area contributed by atoms with Crippen molar-refractivity contribution in [2.45, 2.75) is 57.9 Å². The average Bonchev–Trinajstić information content (AvgIpc) is 2.43. The molecule has 1 atom stereocenters. The fourth-order valence-electron chi connectivity index (χ4n) is 2.16. The van der Waals surface area contributed by atoms with E-state index in [1.807, 2.05) is 0 Å². The summed E-state index contributed by atoms with van der Waals surface area (Å²) in [6.07, 6.45) is 7.80.